The van der Waals surface area contributed by atoms with Gasteiger partial charge in [-0.15, -0.1) is 0 Å². The monoisotopic (exact) mass is 487 g/mol. The molecule has 6 nitrogen and oxygen atoms in total. The first-order valence-electron chi connectivity index (χ1n) is 11.3. The molecule has 1 N–H and O–H groups in total. The lowest BCUT2D eigenvalue weighted by atomic mass is 10.1. The standard InChI is InChI=1S/C25H30ClN3O3S/c1-3-4-5-6-9-15-29-23(30)17-22(24(31)28-20-13-7-8-14-21(20)32-2)33-25(29)27-19-12-10-11-18(26)16-19/h7-8,10-14,16,22H,3-6,9,15,17H2,1-2H3,(H,28,31). The lowest BCUT2D eigenvalue weighted by Gasteiger charge is -2.32. The second-order valence-electron chi connectivity index (χ2n) is 7.83. The van der Waals surface area contributed by atoms with Gasteiger partial charge >= 0.3 is 0 Å². The van der Waals surface area contributed by atoms with Crippen molar-refractivity contribution in [3.8, 4) is 5.75 Å². The Morgan fingerprint density at radius 2 is 1.97 bits per heavy atom. The minimum atomic E-state index is -0.586. The Hall–Kier alpha value is -2.51. The van der Waals surface area contributed by atoms with E-state index in [1.165, 1.54) is 24.6 Å². The fraction of sp³-hybridized carbons (Fsp3) is 0.400. The van der Waals surface area contributed by atoms with Crippen molar-refractivity contribution in [2.24, 2.45) is 4.99 Å². The van der Waals surface area contributed by atoms with Gasteiger partial charge in [-0.05, 0) is 36.8 Å². The van der Waals surface area contributed by atoms with Crippen LogP contribution in [0, 0.1) is 0 Å². The van der Waals surface area contributed by atoms with E-state index in [0.717, 1.165) is 19.3 Å². The maximum Gasteiger partial charge on any atom is 0.238 e. The number of amides is 2. The van der Waals surface area contributed by atoms with Gasteiger partial charge in [0.1, 0.15) is 11.0 Å². The van der Waals surface area contributed by atoms with Crippen LogP contribution in [-0.4, -0.2) is 40.8 Å². The van der Waals surface area contributed by atoms with Crippen LogP contribution in [-0.2, 0) is 9.59 Å². The van der Waals surface area contributed by atoms with Gasteiger partial charge in [0.15, 0.2) is 5.17 Å². The largest absolute Gasteiger partial charge is 0.495 e. The zero-order valence-electron chi connectivity index (χ0n) is 19.1. The van der Waals surface area contributed by atoms with Gasteiger partial charge in [-0.2, -0.15) is 0 Å². The zero-order valence-corrected chi connectivity index (χ0v) is 20.6. The average molecular weight is 488 g/mol. The predicted octanol–water partition coefficient (Wildman–Crippen LogP) is 6.28. The Morgan fingerprint density at radius 3 is 2.73 bits per heavy atom. The van der Waals surface area contributed by atoms with Crippen LogP contribution in [0.15, 0.2) is 53.5 Å². The molecule has 3 rings (SSSR count). The van der Waals surface area contributed by atoms with Crippen LogP contribution in [0.2, 0.25) is 5.02 Å². The number of unbranched alkanes of at least 4 members (excludes halogenated alkanes) is 4. The average Bonchev–Trinajstić information content (AvgIpc) is 2.80. The second-order valence-corrected chi connectivity index (χ2v) is 9.44. The number of nitrogens with one attached hydrogen (secondary N) is 1. The van der Waals surface area contributed by atoms with Gasteiger partial charge in [-0.3, -0.25) is 14.5 Å². The molecule has 0 radical (unpaired) electrons. The van der Waals surface area contributed by atoms with Gasteiger partial charge in [0, 0.05) is 18.0 Å². The summed E-state index contributed by atoms with van der Waals surface area (Å²) >= 11 is 7.44. The van der Waals surface area contributed by atoms with E-state index in [4.69, 9.17) is 21.3 Å². The summed E-state index contributed by atoms with van der Waals surface area (Å²) in [5.41, 5.74) is 1.23. The number of ether oxygens (including phenoxy) is 1. The second kappa shape index (κ2) is 12.7. The first-order chi connectivity index (χ1) is 16.0. The van der Waals surface area contributed by atoms with Crippen LogP contribution in [0.3, 0.4) is 0 Å². The lowest BCUT2D eigenvalue weighted by molar-refractivity contribution is -0.129. The SMILES string of the molecule is CCCCCCCN1C(=O)CC(C(=O)Nc2ccccc2OC)SC1=Nc1cccc(Cl)c1. The van der Waals surface area contributed by atoms with Crippen LogP contribution in [0.5, 0.6) is 5.75 Å². The quantitative estimate of drug-likeness (QED) is 0.400. The number of carbonyl (C=O) groups is 2. The summed E-state index contributed by atoms with van der Waals surface area (Å²) < 4.78 is 5.32. The summed E-state index contributed by atoms with van der Waals surface area (Å²) in [6, 6.07) is 14.4. The number of thioether (sulfide) groups is 1. The molecule has 176 valence electrons. The number of nitrogens with zero attached hydrogens (tertiary/aromatic N) is 2. The molecular formula is C25H30ClN3O3S. The van der Waals surface area contributed by atoms with E-state index < -0.39 is 5.25 Å². The number of para-hydroxylation sites is 2. The number of hydrogen-bond donors (Lipinski definition) is 1. The molecule has 1 aliphatic heterocycles. The highest BCUT2D eigenvalue weighted by atomic mass is 35.5. The fourth-order valence-electron chi connectivity index (χ4n) is 3.55. The van der Waals surface area contributed by atoms with Gasteiger partial charge in [0.2, 0.25) is 11.8 Å². The van der Waals surface area contributed by atoms with E-state index in [9.17, 15) is 9.59 Å². The highest BCUT2D eigenvalue weighted by Gasteiger charge is 2.36. The Labute approximate surface area is 204 Å². The number of hydrogen-bond acceptors (Lipinski definition) is 5. The van der Waals surface area contributed by atoms with E-state index in [1.807, 2.05) is 24.3 Å². The molecule has 2 aromatic carbocycles. The van der Waals surface area contributed by atoms with E-state index >= 15 is 0 Å². The number of halogens is 1. The molecule has 2 amide bonds. The summed E-state index contributed by atoms with van der Waals surface area (Å²) in [6.07, 6.45) is 5.59. The van der Waals surface area contributed by atoms with Crippen molar-refractivity contribution in [2.75, 3.05) is 19.0 Å². The molecule has 0 spiro atoms. The third-order valence-electron chi connectivity index (χ3n) is 5.32. The number of rotatable bonds is 10. The number of amidine groups is 1. The maximum atomic E-state index is 13.1. The summed E-state index contributed by atoms with van der Waals surface area (Å²) in [7, 11) is 1.55. The normalized spacial score (nSPS) is 17.3. The fourth-order valence-corrected chi connectivity index (χ4v) is 4.86. The van der Waals surface area contributed by atoms with E-state index in [0.29, 0.717) is 33.9 Å². The minimum absolute atomic E-state index is 0.0924. The van der Waals surface area contributed by atoms with Crippen molar-refractivity contribution in [1.29, 1.82) is 0 Å². The van der Waals surface area contributed by atoms with Gasteiger partial charge in [0.25, 0.3) is 0 Å². The van der Waals surface area contributed by atoms with Crippen LogP contribution in [0.25, 0.3) is 0 Å². The first-order valence-corrected chi connectivity index (χ1v) is 12.5. The Kier molecular flexibility index (Phi) is 9.63. The van der Waals surface area contributed by atoms with Crippen LogP contribution in [0.1, 0.15) is 45.4 Å². The summed E-state index contributed by atoms with van der Waals surface area (Å²) in [4.78, 5) is 32.5. The summed E-state index contributed by atoms with van der Waals surface area (Å²) in [5.74, 6) is 0.226. The molecule has 1 unspecified atom stereocenters. The predicted molar refractivity (Wildman–Crippen MR) is 137 cm³/mol. The Morgan fingerprint density at radius 1 is 1.18 bits per heavy atom. The van der Waals surface area contributed by atoms with Crippen molar-refractivity contribution >= 4 is 51.7 Å². The molecule has 8 heteroatoms. The molecule has 1 atom stereocenters. The molecule has 2 aromatic rings. The summed E-state index contributed by atoms with van der Waals surface area (Å²) in [5, 5.41) is 3.41. The maximum absolute atomic E-state index is 13.1. The molecular weight excluding hydrogens is 458 g/mol. The van der Waals surface area contributed by atoms with Gasteiger partial charge in [-0.25, -0.2) is 4.99 Å². The molecule has 1 aliphatic rings. The van der Waals surface area contributed by atoms with Crippen molar-refractivity contribution in [1.82, 2.24) is 4.90 Å². The molecule has 0 saturated carbocycles. The minimum Gasteiger partial charge on any atom is -0.495 e. The van der Waals surface area contributed by atoms with Crippen LogP contribution in [0.4, 0.5) is 11.4 Å². The van der Waals surface area contributed by atoms with Crippen molar-refractivity contribution in [3.05, 3.63) is 53.6 Å². The third kappa shape index (κ3) is 7.24. The number of aliphatic imine (C=N–C) groups is 1. The lowest BCUT2D eigenvalue weighted by Crippen LogP contribution is -2.45. The number of carbonyl (C=O) groups excluding carboxylic acids is 2. The van der Waals surface area contributed by atoms with E-state index in [2.05, 4.69) is 12.2 Å². The van der Waals surface area contributed by atoms with Gasteiger partial charge < -0.3 is 10.1 Å². The molecule has 0 aromatic heterocycles. The van der Waals surface area contributed by atoms with Gasteiger partial charge in [-0.1, -0.05) is 74.2 Å². The number of benzene rings is 2. The van der Waals surface area contributed by atoms with Crippen molar-refractivity contribution in [2.45, 2.75) is 50.7 Å². The van der Waals surface area contributed by atoms with Gasteiger partial charge in [0.05, 0.1) is 18.5 Å². The molecule has 1 heterocycles. The first kappa shape index (κ1) is 25.1. The number of anilines is 1. The zero-order chi connectivity index (χ0) is 23.6. The molecule has 1 saturated heterocycles. The topological polar surface area (TPSA) is 71.0 Å². The van der Waals surface area contributed by atoms with E-state index in [-0.39, 0.29) is 18.2 Å². The molecule has 0 bridgehead atoms. The van der Waals surface area contributed by atoms with Crippen molar-refractivity contribution < 1.29 is 14.3 Å². The highest BCUT2D eigenvalue weighted by Crippen LogP contribution is 2.32. The van der Waals surface area contributed by atoms with E-state index in [1.54, 1.807) is 36.3 Å². The summed E-state index contributed by atoms with van der Waals surface area (Å²) in [6.45, 7) is 2.77. The number of methoxy groups -OCH3 is 1. The molecule has 1 fully saturated rings. The Bertz CT molecular complexity index is 998. The van der Waals surface area contributed by atoms with Crippen molar-refractivity contribution in [3.63, 3.8) is 0 Å². The third-order valence-corrected chi connectivity index (χ3v) is 6.74. The molecule has 0 aliphatic carbocycles. The Balaban J connectivity index is 1.78. The van der Waals surface area contributed by atoms with Crippen LogP contribution >= 0.6 is 23.4 Å². The molecule has 33 heavy (non-hydrogen) atoms. The highest BCUT2D eigenvalue weighted by molar-refractivity contribution is 8.15. The smallest absolute Gasteiger partial charge is 0.238 e. The van der Waals surface area contributed by atoms with Crippen LogP contribution < -0.4 is 10.1 Å².